The number of rotatable bonds is 5. The van der Waals surface area contributed by atoms with Crippen molar-refractivity contribution >= 4 is 5.69 Å². The molecular weight excluding hydrogens is 244 g/mol. The first-order valence-electron chi connectivity index (χ1n) is 8.24. The van der Waals surface area contributed by atoms with Crippen LogP contribution in [0.15, 0.2) is 24.3 Å². The van der Waals surface area contributed by atoms with Crippen LogP contribution in [0.2, 0.25) is 0 Å². The topological polar surface area (TPSA) is 29.3 Å². The van der Waals surface area contributed by atoms with Crippen molar-refractivity contribution in [1.82, 2.24) is 0 Å². The first-order chi connectivity index (χ1) is 9.64. The Bertz CT molecular complexity index is 396. The van der Waals surface area contributed by atoms with Crippen molar-refractivity contribution in [2.24, 2.45) is 11.1 Å². The lowest BCUT2D eigenvalue weighted by Gasteiger charge is -2.42. The van der Waals surface area contributed by atoms with E-state index in [0.29, 0.717) is 5.41 Å². The van der Waals surface area contributed by atoms with E-state index in [0.717, 1.165) is 6.42 Å². The first kappa shape index (κ1) is 15.4. The fourth-order valence-electron chi connectivity index (χ4n) is 3.36. The monoisotopic (exact) mass is 274 g/mol. The third-order valence-corrected chi connectivity index (χ3v) is 5.45. The number of nitrogens with zero attached hydrogens (tertiary/aromatic N) is 1. The largest absolute Gasteiger partial charge is 0.371 e. The smallest absolute Gasteiger partial charge is 0.0366 e. The molecule has 0 amide bonds. The van der Waals surface area contributed by atoms with E-state index in [4.69, 9.17) is 5.73 Å². The summed E-state index contributed by atoms with van der Waals surface area (Å²) in [7, 11) is 0. The summed E-state index contributed by atoms with van der Waals surface area (Å²) in [4.78, 5) is 2.53. The average molecular weight is 274 g/mol. The van der Waals surface area contributed by atoms with E-state index in [-0.39, 0.29) is 6.04 Å². The molecule has 0 spiro atoms. The maximum atomic E-state index is 6.08. The summed E-state index contributed by atoms with van der Waals surface area (Å²) < 4.78 is 0. The van der Waals surface area contributed by atoms with Crippen molar-refractivity contribution in [3.8, 4) is 0 Å². The average Bonchev–Trinajstić information content (AvgIpc) is 2.54. The molecule has 2 nitrogen and oxygen atoms in total. The number of piperidine rings is 1. The fourth-order valence-corrected chi connectivity index (χ4v) is 3.36. The van der Waals surface area contributed by atoms with Gasteiger partial charge in [-0.1, -0.05) is 45.7 Å². The lowest BCUT2D eigenvalue weighted by molar-refractivity contribution is 0.199. The molecule has 0 unspecified atom stereocenters. The summed E-state index contributed by atoms with van der Waals surface area (Å²) >= 11 is 0. The standard InChI is InChI=1S/C18H30N2/c1-4-17(19)15-7-9-16(10-8-15)20-13-11-18(5-2,6-3)12-14-20/h7-10,17H,4-6,11-14,19H2,1-3H3/t17-/m1/s1. The van der Waals surface area contributed by atoms with Gasteiger partial charge < -0.3 is 10.6 Å². The number of hydrogen-bond donors (Lipinski definition) is 1. The lowest BCUT2D eigenvalue weighted by Crippen LogP contribution is -2.39. The molecule has 0 radical (unpaired) electrons. The van der Waals surface area contributed by atoms with Crippen molar-refractivity contribution in [1.29, 1.82) is 0 Å². The molecule has 2 rings (SSSR count). The Hall–Kier alpha value is -1.02. The molecule has 1 fully saturated rings. The first-order valence-corrected chi connectivity index (χ1v) is 8.24. The molecule has 0 aliphatic carbocycles. The third kappa shape index (κ3) is 3.17. The molecule has 1 aromatic rings. The SMILES string of the molecule is CC[C@@H](N)c1ccc(N2CCC(CC)(CC)CC2)cc1. The van der Waals surface area contributed by atoms with E-state index < -0.39 is 0 Å². The maximum absolute atomic E-state index is 6.08. The highest BCUT2D eigenvalue weighted by Gasteiger charge is 2.31. The Morgan fingerprint density at radius 1 is 1.05 bits per heavy atom. The molecule has 1 aromatic carbocycles. The van der Waals surface area contributed by atoms with Gasteiger partial charge in [0.05, 0.1) is 0 Å². The predicted octanol–water partition coefficient (Wildman–Crippen LogP) is 4.50. The Morgan fingerprint density at radius 3 is 2.05 bits per heavy atom. The molecule has 1 heterocycles. The highest BCUT2D eigenvalue weighted by molar-refractivity contribution is 5.48. The van der Waals surface area contributed by atoms with Crippen LogP contribution in [0.5, 0.6) is 0 Å². The van der Waals surface area contributed by atoms with E-state index in [1.165, 1.54) is 50.0 Å². The van der Waals surface area contributed by atoms with Gasteiger partial charge in [-0.25, -0.2) is 0 Å². The van der Waals surface area contributed by atoms with Crippen LogP contribution in [0.4, 0.5) is 5.69 Å². The highest BCUT2D eigenvalue weighted by atomic mass is 15.1. The van der Waals surface area contributed by atoms with Crippen LogP contribution in [0.25, 0.3) is 0 Å². The molecule has 20 heavy (non-hydrogen) atoms. The van der Waals surface area contributed by atoms with E-state index in [1.807, 2.05) is 0 Å². The summed E-state index contributed by atoms with van der Waals surface area (Å²) in [6.45, 7) is 9.22. The highest BCUT2D eigenvalue weighted by Crippen LogP contribution is 2.39. The molecule has 0 aromatic heterocycles. The zero-order chi connectivity index (χ0) is 14.6. The van der Waals surface area contributed by atoms with Gasteiger partial charge in [0.1, 0.15) is 0 Å². The van der Waals surface area contributed by atoms with Crippen molar-refractivity contribution in [2.45, 2.75) is 58.9 Å². The van der Waals surface area contributed by atoms with Gasteiger partial charge in [0.2, 0.25) is 0 Å². The van der Waals surface area contributed by atoms with Crippen molar-refractivity contribution < 1.29 is 0 Å². The van der Waals surface area contributed by atoms with Gasteiger partial charge in [-0.3, -0.25) is 0 Å². The summed E-state index contributed by atoms with van der Waals surface area (Å²) in [5, 5.41) is 0. The number of hydrogen-bond acceptors (Lipinski definition) is 2. The van der Waals surface area contributed by atoms with Gasteiger partial charge in [0, 0.05) is 24.8 Å². The van der Waals surface area contributed by atoms with E-state index in [1.54, 1.807) is 0 Å². The van der Waals surface area contributed by atoms with Crippen LogP contribution in [0, 0.1) is 5.41 Å². The van der Waals surface area contributed by atoms with Gasteiger partial charge in [-0.2, -0.15) is 0 Å². The molecule has 0 saturated carbocycles. The number of benzene rings is 1. The number of anilines is 1. The Labute approximate surface area is 124 Å². The Morgan fingerprint density at radius 2 is 1.60 bits per heavy atom. The van der Waals surface area contributed by atoms with Crippen molar-refractivity contribution in [3.05, 3.63) is 29.8 Å². The van der Waals surface area contributed by atoms with Crippen molar-refractivity contribution in [3.63, 3.8) is 0 Å². The van der Waals surface area contributed by atoms with Gasteiger partial charge in [-0.15, -0.1) is 0 Å². The zero-order valence-electron chi connectivity index (χ0n) is 13.4. The van der Waals surface area contributed by atoms with Crippen LogP contribution in [-0.4, -0.2) is 13.1 Å². The molecule has 0 bridgehead atoms. The van der Waals surface area contributed by atoms with E-state index >= 15 is 0 Å². The van der Waals surface area contributed by atoms with Gasteiger partial charge in [0.15, 0.2) is 0 Å². The van der Waals surface area contributed by atoms with Crippen molar-refractivity contribution in [2.75, 3.05) is 18.0 Å². The second kappa shape index (κ2) is 6.62. The summed E-state index contributed by atoms with van der Waals surface area (Å²) in [6, 6.07) is 9.07. The summed E-state index contributed by atoms with van der Waals surface area (Å²) in [5.41, 5.74) is 9.29. The van der Waals surface area contributed by atoms with Gasteiger partial charge in [0.25, 0.3) is 0 Å². The predicted molar refractivity (Wildman–Crippen MR) is 88.1 cm³/mol. The van der Waals surface area contributed by atoms with Crippen LogP contribution < -0.4 is 10.6 Å². The summed E-state index contributed by atoms with van der Waals surface area (Å²) in [5.74, 6) is 0. The van der Waals surface area contributed by atoms with Gasteiger partial charge in [-0.05, 0) is 42.4 Å². The lowest BCUT2D eigenvalue weighted by atomic mass is 9.74. The van der Waals surface area contributed by atoms with Crippen LogP contribution in [0.1, 0.15) is 64.5 Å². The maximum Gasteiger partial charge on any atom is 0.0366 e. The Kier molecular flexibility index (Phi) is 5.09. The molecule has 1 aliphatic heterocycles. The van der Waals surface area contributed by atoms with E-state index in [9.17, 15) is 0 Å². The molecule has 1 aliphatic rings. The third-order valence-electron chi connectivity index (χ3n) is 5.45. The van der Waals surface area contributed by atoms with Crippen LogP contribution in [0.3, 0.4) is 0 Å². The minimum atomic E-state index is 0.179. The van der Waals surface area contributed by atoms with E-state index in [2.05, 4.69) is 49.9 Å². The van der Waals surface area contributed by atoms with Crippen LogP contribution in [-0.2, 0) is 0 Å². The summed E-state index contributed by atoms with van der Waals surface area (Å²) in [6.07, 6.45) is 6.30. The number of nitrogens with two attached hydrogens (primary N) is 1. The van der Waals surface area contributed by atoms with Gasteiger partial charge >= 0.3 is 0 Å². The quantitative estimate of drug-likeness (QED) is 0.856. The molecule has 2 heteroatoms. The molecule has 1 atom stereocenters. The molecule has 2 N–H and O–H groups in total. The second-order valence-electron chi connectivity index (χ2n) is 6.30. The second-order valence-corrected chi connectivity index (χ2v) is 6.30. The Balaban J connectivity index is 2.00. The van der Waals surface area contributed by atoms with Crippen LogP contribution >= 0.6 is 0 Å². The normalized spacial score (nSPS) is 19.9. The fraction of sp³-hybridized carbons (Fsp3) is 0.667. The minimum absolute atomic E-state index is 0.179. The molecule has 112 valence electrons. The molecule has 1 saturated heterocycles. The molecular formula is C18H30N2. The minimum Gasteiger partial charge on any atom is -0.371 e. The zero-order valence-corrected chi connectivity index (χ0v) is 13.4.